The van der Waals surface area contributed by atoms with E-state index in [1.165, 1.54) is 0 Å². The lowest BCUT2D eigenvalue weighted by atomic mass is 9.99. The number of hydrogen-bond acceptors (Lipinski definition) is 5. The van der Waals surface area contributed by atoms with Crippen LogP contribution in [0.4, 0.5) is 0 Å². The Morgan fingerprint density at radius 1 is 0.946 bits per heavy atom. The second-order valence-electron chi connectivity index (χ2n) is 9.39. The summed E-state index contributed by atoms with van der Waals surface area (Å²) in [6.07, 6.45) is 0.104. The fourth-order valence-corrected chi connectivity index (χ4v) is 5.05. The van der Waals surface area contributed by atoms with Gasteiger partial charge in [-0.2, -0.15) is 0 Å². The monoisotopic (exact) mass is 499 g/mol. The molecule has 0 saturated carbocycles. The molecule has 0 unspecified atom stereocenters. The number of hydrogen-bond donors (Lipinski definition) is 1. The molecule has 1 N–H and O–H groups in total. The van der Waals surface area contributed by atoms with E-state index in [2.05, 4.69) is 0 Å². The molecule has 7 nitrogen and oxygen atoms in total. The molecule has 37 heavy (non-hydrogen) atoms. The maximum Gasteiger partial charge on any atom is 0.307 e. The molecule has 4 aromatic rings. The molecule has 0 saturated heterocycles. The van der Waals surface area contributed by atoms with Crippen LogP contribution in [-0.4, -0.2) is 34.4 Å². The quantitative estimate of drug-likeness (QED) is 0.355. The van der Waals surface area contributed by atoms with Crippen molar-refractivity contribution in [2.75, 3.05) is 6.61 Å². The summed E-state index contributed by atoms with van der Waals surface area (Å²) >= 11 is 0. The Morgan fingerprint density at radius 2 is 1.59 bits per heavy atom. The van der Waals surface area contributed by atoms with Crippen LogP contribution in [0.2, 0.25) is 0 Å². The predicted molar refractivity (Wildman–Crippen MR) is 140 cm³/mol. The number of carboxylic acids is 1. The highest BCUT2D eigenvalue weighted by molar-refractivity contribution is 6.05. The van der Waals surface area contributed by atoms with E-state index in [4.69, 9.17) is 14.2 Å². The summed E-state index contributed by atoms with van der Waals surface area (Å²) in [4.78, 5) is 25.2. The van der Waals surface area contributed by atoms with Crippen molar-refractivity contribution in [1.29, 1.82) is 0 Å². The Balaban J connectivity index is 1.41. The fourth-order valence-electron chi connectivity index (χ4n) is 5.05. The lowest BCUT2D eigenvalue weighted by molar-refractivity contribution is -0.136. The van der Waals surface area contributed by atoms with Gasteiger partial charge < -0.3 is 19.3 Å². The summed E-state index contributed by atoms with van der Waals surface area (Å²) in [7, 11) is 0. The number of benzene rings is 3. The van der Waals surface area contributed by atoms with Crippen LogP contribution in [0, 0.1) is 20.8 Å². The van der Waals surface area contributed by atoms with Gasteiger partial charge in [0, 0.05) is 16.6 Å². The number of carbonyl (C=O) groups is 2. The number of aromatic nitrogens is 1. The van der Waals surface area contributed by atoms with Crippen molar-refractivity contribution in [1.82, 2.24) is 4.57 Å². The van der Waals surface area contributed by atoms with Crippen molar-refractivity contribution < 1.29 is 28.9 Å². The first-order chi connectivity index (χ1) is 17.7. The zero-order valence-electron chi connectivity index (χ0n) is 21.3. The van der Waals surface area contributed by atoms with Crippen LogP contribution in [0.5, 0.6) is 17.2 Å². The number of ether oxygens (including phenoxy) is 3. The van der Waals surface area contributed by atoms with Crippen molar-refractivity contribution in [2.45, 2.75) is 46.8 Å². The maximum absolute atomic E-state index is 13.8. The molecule has 2 heterocycles. The van der Waals surface area contributed by atoms with E-state index >= 15 is 0 Å². The van der Waals surface area contributed by atoms with E-state index in [9.17, 15) is 14.7 Å². The van der Waals surface area contributed by atoms with E-state index in [0.29, 0.717) is 29.2 Å². The summed E-state index contributed by atoms with van der Waals surface area (Å²) in [5.74, 6) is 1.03. The topological polar surface area (TPSA) is 87.0 Å². The average Bonchev–Trinajstić information content (AvgIpc) is 3.40. The molecule has 1 aromatic heterocycles. The van der Waals surface area contributed by atoms with Crippen molar-refractivity contribution in [3.8, 4) is 17.2 Å². The first-order valence-corrected chi connectivity index (χ1v) is 12.3. The normalized spacial score (nSPS) is 12.8. The van der Waals surface area contributed by atoms with E-state index in [0.717, 1.165) is 38.9 Å². The summed E-state index contributed by atoms with van der Waals surface area (Å²) in [6, 6.07) is 17.0. The number of carboxylic acid groups (broad SMARTS) is 1. The molecule has 0 fully saturated rings. The van der Waals surface area contributed by atoms with Gasteiger partial charge >= 0.3 is 5.97 Å². The Morgan fingerprint density at radius 3 is 2.19 bits per heavy atom. The van der Waals surface area contributed by atoms with Gasteiger partial charge in [0.1, 0.15) is 5.75 Å². The molecule has 1 aliphatic rings. The third kappa shape index (κ3) is 4.65. The zero-order valence-corrected chi connectivity index (χ0v) is 21.3. The summed E-state index contributed by atoms with van der Waals surface area (Å²) in [5.41, 5.74) is 5.50. The van der Waals surface area contributed by atoms with Gasteiger partial charge in [-0.1, -0.05) is 19.1 Å². The highest BCUT2D eigenvalue weighted by Gasteiger charge is 2.25. The number of aryl methyl sites for hydroxylation is 4. The molecular formula is C30H29NO6. The maximum atomic E-state index is 13.8. The van der Waals surface area contributed by atoms with E-state index in [-0.39, 0.29) is 18.9 Å². The van der Waals surface area contributed by atoms with Gasteiger partial charge in [0.25, 0.3) is 12.2 Å². The molecule has 1 aliphatic heterocycles. The lowest BCUT2D eigenvalue weighted by Gasteiger charge is -2.16. The minimum atomic E-state index is -0.870. The van der Waals surface area contributed by atoms with Crippen LogP contribution < -0.4 is 14.2 Å². The zero-order chi connectivity index (χ0) is 26.3. The van der Waals surface area contributed by atoms with Crippen molar-refractivity contribution in [2.24, 2.45) is 0 Å². The molecule has 0 amide bonds. The summed E-state index contributed by atoms with van der Waals surface area (Å²) in [5, 5.41) is 10.2. The Hall–Kier alpha value is -4.26. The Bertz CT molecular complexity index is 1480. The minimum absolute atomic E-state index is 0.0417. The number of fused-ring (bicyclic) bond motifs is 2. The molecule has 0 radical (unpaired) electrons. The fraction of sp³-hybridized carbons (Fsp3) is 0.267. The smallest absolute Gasteiger partial charge is 0.307 e. The molecule has 190 valence electrons. The summed E-state index contributed by atoms with van der Waals surface area (Å²) < 4.78 is 19.2. The van der Waals surface area contributed by atoms with E-state index in [1.807, 2.05) is 82.3 Å². The van der Waals surface area contributed by atoms with Crippen LogP contribution in [0.3, 0.4) is 0 Å². The van der Waals surface area contributed by atoms with Gasteiger partial charge in [0.2, 0.25) is 0 Å². The Labute approximate surface area is 215 Å². The predicted octanol–water partition coefficient (Wildman–Crippen LogP) is 5.62. The van der Waals surface area contributed by atoms with Crippen molar-refractivity contribution >= 4 is 22.8 Å². The van der Waals surface area contributed by atoms with Crippen LogP contribution >= 0.6 is 0 Å². The standard InChI is InChI=1S/C30H29NO6/c1-5-20-14-24-22(13-21(20)15-27(32)33)12-19(4)31(24)30(34)29-17(2)10-23(11-18(29)3)35-16-28-36-25-8-6-7-9-26(25)37-28/h6-14,28H,5,15-16H2,1-4H3,(H,32,33). The molecule has 5 rings (SSSR count). The summed E-state index contributed by atoms with van der Waals surface area (Å²) in [6.45, 7) is 7.88. The highest BCUT2D eigenvalue weighted by atomic mass is 16.7. The van der Waals surface area contributed by atoms with Crippen molar-refractivity contribution in [3.63, 3.8) is 0 Å². The van der Waals surface area contributed by atoms with Crippen molar-refractivity contribution in [3.05, 3.63) is 88.1 Å². The second-order valence-corrected chi connectivity index (χ2v) is 9.39. The van der Waals surface area contributed by atoms with Crippen LogP contribution in [0.25, 0.3) is 10.9 Å². The molecular weight excluding hydrogens is 470 g/mol. The van der Waals surface area contributed by atoms with Crippen LogP contribution in [-0.2, 0) is 17.6 Å². The average molecular weight is 500 g/mol. The second kappa shape index (κ2) is 9.65. The Kier molecular flexibility index (Phi) is 6.38. The van der Waals surface area contributed by atoms with Gasteiger partial charge in [-0.15, -0.1) is 0 Å². The van der Waals surface area contributed by atoms with Crippen LogP contribution in [0.15, 0.2) is 54.6 Å². The first kappa shape index (κ1) is 24.4. The van der Waals surface area contributed by atoms with Gasteiger partial charge in [-0.25, -0.2) is 0 Å². The molecule has 0 spiro atoms. The molecule has 3 aromatic carbocycles. The lowest BCUT2D eigenvalue weighted by Crippen LogP contribution is -2.26. The van der Waals surface area contributed by atoms with E-state index in [1.54, 1.807) is 4.57 Å². The highest BCUT2D eigenvalue weighted by Crippen LogP contribution is 2.34. The number of para-hydroxylation sites is 2. The molecule has 7 heteroatoms. The number of carbonyl (C=O) groups excluding carboxylic acids is 1. The molecule has 0 atom stereocenters. The number of nitrogens with zero attached hydrogens (tertiary/aromatic N) is 1. The van der Waals surface area contributed by atoms with Gasteiger partial charge in [0.05, 0.1) is 11.9 Å². The third-order valence-electron chi connectivity index (χ3n) is 6.70. The van der Waals surface area contributed by atoms with Crippen LogP contribution in [0.1, 0.15) is 45.2 Å². The largest absolute Gasteiger partial charge is 0.486 e. The molecule has 0 bridgehead atoms. The number of rotatable bonds is 7. The first-order valence-electron chi connectivity index (χ1n) is 12.3. The van der Waals surface area contributed by atoms with Gasteiger partial charge in [-0.3, -0.25) is 14.2 Å². The minimum Gasteiger partial charge on any atom is -0.486 e. The van der Waals surface area contributed by atoms with E-state index < -0.39 is 12.3 Å². The van der Waals surface area contributed by atoms with Gasteiger partial charge in [0.15, 0.2) is 18.1 Å². The third-order valence-corrected chi connectivity index (χ3v) is 6.70. The SMILES string of the molecule is CCc1cc2c(cc1CC(=O)O)cc(C)n2C(=O)c1c(C)cc(OCC2Oc3ccccc3O2)cc1C. The molecule has 0 aliphatic carbocycles. The number of aliphatic carboxylic acids is 1. The van der Waals surface area contributed by atoms with Gasteiger partial charge in [-0.05, 0) is 91.9 Å².